The molecule has 0 heterocycles. The highest BCUT2D eigenvalue weighted by molar-refractivity contribution is 5.69. The zero-order valence-corrected chi connectivity index (χ0v) is 15.7. The van der Waals surface area contributed by atoms with Crippen LogP contribution in [0.5, 0.6) is 0 Å². The van der Waals surface area contributed by atoms with E-state index in [4.69, 9.17) is 4.74 Å². The van der Waals surface area contributed by atoms with Crippen LogP contribution in [0.2, 0.25) is 0 Å². The van der Waals surface area contributed by atoms with Crippen molar-refractivity contribution in [2.75, 3.05) is 6.61 Å². The second-order valence-corrected chi connectivity index (χ2v) is 5.79. The lowest BCUT2D eigenvalue weighted by atomic mass is 10.2. The Labute approximate surface area is 149 Å². The van der Waals surface area contributed by atoms with E-state index in [0.717, 1.165) is 32.1 Å². The van der Waals surface area contributed by atoms with Crippen molar-refractivity contribution in [1.82, 2.24) is 0 Å². The van der Waals surface area contributed by atoms with E-state index in [1.807, 2.05) is 6.92 Å². The minimum atomic E-state index is -0.0895. The quantitative estimate of drug-likeness (QED) is 0.189. The molecule has 0 atom stereocenters. The van der Waals surface area contributed by atoms with Crippen molar-refractivity contribution in [2.45, 2.75) is 78.1 Å². The van der Waals surface area contributed by atoms with E-state index < -0.39 is 0 Å². The molecule has 136 valence electrons. The van der Waals surface area contributed by atoms with Gasteiger partial charge in [-0.15, -0.1) is 0 Å². The Kier molecular flexibility index (Phi) is 18.2. The standard InChI is InChI=1S/C22H36O2/c1-3-5-6-7-8-9-10-11-12-13-14-15-16-17-18-19-20-21-22(23)24-4-2/h8-9,11-12,14-15,17-18H,3-7,10,13,16,19-21H2,1-2H3/b9-8-,12-11-,15-14+,18-17-. The second kappa shape index (κ2) is 19.5. The monoisotopic (exact) mass is 332 g/mol. The minimum absolute atomic E-state index is 0.0895. The number of unbranched alkanes of at least 4 members (excludes halogenated alkanes) is 4. The first-order valence-electron chi connectivity index (χ1n) is 9.56. The Bertz CT molecular complexity index is 389. The van der Waals surface area contributed by atoms with Gasteiger partial charge in [0.15, 0.2) is 0 Å². The van der Waals surface area contributed by atoms with E-state index in [1.165, 1.54) is 25.7 Å². The number of allylic oxidation sites excluding steroid dienone is 8. The third-order valence-corrected chi connectivity index (χ3v) is 3.51. The molecule has 0 amide bonds. The molecule has 0 aromatic heterocycles. The molecule has 0 aromatic rings. The first kappa shape index (κ1) is 22.4. The average molecular weight is 333 g/mol. The largest absolute Gasteiger partial charge is 0.466 e. The summed E-state index contributed by atoms with van der Waals surface area (Å²) < 4.78 is 4.89. The van der Waals surface area contributed by atoms with Gasteiger partial charge in [-0.2, -0.15) is 0 Å². The van der Waals surface area contributed by atoms with Gasteiger partial charge in [0.25, 0.3) is 0 Å². The summed E-state index contributed by atoms with van der Waals surface area (Å²) in [6.07, 6.45) is 28.2. The number of carbonyl (C=O) groups is 1. The van der Waals surface area contributed by atoms with Crippen molar-refractivity contribution in [1.29, 1.82) is 0 Å². The maximum absolute atomic E-state index is 11.1. The van der Waals surface area contributed by atoms with E-state index in [9.17, 15) is 4.79 Å². The molecule has 0 aromatic carbocycles. The Morgan fingerprint density at radius 2 is 1.21 bits per heavy atom. The molecule has 0 aliphatic heterocycles. The number of hydrogen-bond donors (Lipinski definition) is 0. The highest BCUT2D eigenvalue weighted by Gasteiger charge is 1.98. The smallest absolute Gasteiger partial charge is 0.305 e. The number of ether oxygens (including phenoxy) is 1. The van der Waals surface area contributed by atoms with Crippen molar-refractivity contribution >= 4 is 5.97 Å². The zero-order chi connectivity index (χ0) is 17.7. The molecule has 0 aliphatic carbocycles. The van der Waals surface area contributed by atoms with Crippen molar-refractivity contribution < 1.29 is 9.53 Å². The second-order valence-electron chi connectivity index (χ2n) is 5.79. The fourth-order valence-electron chi connectivity index (χ4n) is 2.16. The summed E-state index contributed by atoms with van der Waals surface area (Å²) in [5.41, 5.74) is 0. The lowest BCUT2D eigenvalue weighted by Crippen LogP contribution is -2.02. The van der Waals surface area contributed by atoms with Crippen LogP contribution in [0.25, 0.3) is 0 Å². The molecule has 0 unspecified atom stereocenters. The maximum Gasteiger partial charge on any atom is 0.305 e. The SMILES string of the molecule is CCCCC/C=C\C/C=C\C/C=C/C/C=C\CCCC(=O)OCC. The Morgan fingerprint density at radius 1 is 0.708 bits per heavy atom. The molecule has 0 aliphatic rings. The van der Waals surface area contributed by atoms with E-state index in [-0.39, 0.29) is 5.97 Å². The molecular formula is C22H36O2. The molecular weight excluding hydrogens is 296 g/mol. The van der Waals surface area contributed by atoms with E-state index in [2.05, 4.69) is 55.5 Å². The minimum Gasteiger partial charge on any atom is -0.466 e. The molecule has 0 spiro atoms. The van der Waals surface area contributed by atoms with Gasteiger partial charge in [-0.1, -0.05) is 68.4 Å². The summed E-state index contributed by atoms with van der Waals surface area (Å²) in [5, 5.41) is 0. The van der Waals surface area contributed by atoms with Gasteiger partial charge in [-0.25, -0.2) is 0 Å². The van der Waals surface area contributed by atoms with Crippen LogP contribution in [0, 0.1) is 0 Å². The third-order valence-electron chi connectivity index (χ3n) is 3.51. The maximum atomic E-state index is 11.1. The molecule has 0 rings (SSSR count). The van der Waals surface area contributed by atoms with Crippen LogP contribution in [0.4, 0.5) is 0 Å². The molecule has 2 heteroatoms. The fourth-order valence-corrected chi connectivity index (χ4v) is 2.16. The van der Waals surface area contributed by atoms with Gasteiger partial charge >= 0.3 is 5.97 Å². The van der Waals surface area contributed by atoms with Crippen LogP contribution < -0.4 is 0 Å². The van der Waals surface area contributed by atoms with Gasteiger partial charge in [0.05, 0.1) is 6.61 Å². The normalized spacial score (nSPS) is 12.2. The number of carbonyl (C=O) groups excluding carboxylic acids is 1. The van der Waals surface area contributed by atoms with Crippen LogP contribution in [0.15, 0.2) is 48.6 Å². The molecule has 24 heavy (non-hydrogen) atoms. The fraction of sp³-hybridized carbons (Fsp3) is 0.591. The number of hydrogen-bond acceptors (Lipinski definition) is 2. The van der Waals surface area contributed by atoms with Crippen molar-refractivity contribution in [3.63, 3.8) is 0 Å². The molecule has 0 bridgehead atoms. The van der Waals surface area contributed by atoms with Gasteiger partial charge in [0.2, 0.25) is 0 Å². The predicted molar refractivity (Wildman–Crippen MR) is 105 cm³/mol. The van der Waals surface area contributed by atoms with Gasteiger partial charge in [0.1, 0.15) is 0 Å². The van der Waals surface area contributed by atoms with Crippen molar-refractivity contribution in [2.24, 2.45) is 0 Å². The summed E-state index contributed by atoms with van der Waals surface area (Å²) in [4.78, 5) is 11.1. The summed E-state index contributed by atoms with van der Waals surface area (Å²) in [7, 11) is 0. The van der Waals surface area contributed by atoms with Crippen LogP contribution in [-0.4, -0.2) is 12.6 Å². The Hall–Kier alpha value is -1.57. The summed E-state index contributed by atoms with van der Waals surface area (Å²) >= 11 is 0. The molecule has 0 saturated carbocycles. The first-order chi connectivity index (χ1) is 11.8. The molecule has 0 N–H and O–H groups in total. The Morgan fingerprint density at radius 3 is 1.71 bits per heavy atom. The zero-order valence-electron chi connectivity index (χ0n) is 15.7. The summed E-state index contributed by atoms with van der Waals surface area (Å²) in [6.45, 7) is 4.55. The Balaban J connectivity index is 3.43. The third kappa shape index (κ3) is 18.5. The van der Waals surface area contributed by atoms with Gasteiger partial charge in [-0.3, -0.25) is 4.79 Å². The number of rotatable bonds is 15. The average Bonchev–Trinajstić information content (AvgIpc) is 2.58. The lowest BCUT2D eigenvalue weighted by Gasteiger charge is -1.98. The predicted octanol–water partition coefficient (Wildman–Crippen LogP) is 6.70. The van der Waals surface area contributed by atoms with E-state index in [1.54, 1.807) is 0 Å². The van der Waals surface area contributed by atoms with Crippen LogP contribution in [-0.2, 0) is 9.53 Å². The topological polar surface area (TPSA) is 26.3 Å². The van der Waals surface area contributed by atoms with Crippen LogP contribution >= 0.6 is 0 Å². The van der Waals surface area contributed by atoms with Crippen molar-refractivity contribution in [3.05, 3.63) is 48.6 Å². The lowest BCUT2D eigenvalue weighted by molar-refractivity contribution is -0.143. The first-order valence-corrected chi connectivity index (χ1v) is 9.56. The number of esters is 1. The molecule has 0 radical (unpaired) electrons. The van der Waals surface area contributed by atoms with Gasteiger partial charge < -0.3 is 4.74 Å². The van der Waals surface area contributed by atoms with E-state index in [0.29, 0.717) is 13.0 Å². The van der Waals surface area contributed by atoms with Gasteiger partial charge in [-0.05, 0) is 51.9 Å². The molecule has 2 nitrogen and oxygen atoms in total. The molecule has 0 saturated heterocycles. The van der Waals surface area contributed by atoms with Crippen molar-refractivity contribution in [3.8, 4) is 0 Å². The highest BCUT2D eigenvalue weighted by atomic mass is 16.5. The molecule has 0 fully saturated rings. The highest BCUT2D eigenvalue weighted by Crippen LogP contribution is 2.02. The summed E-state index contributed by atoms with van der Waals surface area (Å²) in [5.74, 6) is -0.0895. The van der Waals surface area contributed by atoms with Crippen LogP contribution in [0.1, 0.15) is 78.1 Å². The van der Waals surface area contributed by atoms with Crippen LogP contribution in [0.3, 0.4) is 0 Å². The van der Waals surface area contributed by atoms with E-state index >= 15 is 0 Å². The van der Waals surface area contributed by atoms with Gasteiger partial charge in [0, 0.05) is 6.42 Å². The summed E-state index contributed by atoms with van der Waals surface area (Å²) in [6, 6.07) is 0.